The van der Waals surface area contributed by atoms with E-state index in [0.29, 0.717) is 18.2 Å². The zero-order valence-corrected chi connectivity index (χ0v) is 20.0. The first-order chi connectivity index (χ1) is 16.4. The van der Waals surface area contributed by atoms with E-state index >= 15 is 0 Å². The molecule has 176 valence electrons. The van der Waals surface area contributed by atoms with Crippen molar-refractivity contribution in [3.05, 3.63) is 66.9 Å². The van der Waals surface area contributed by atoms with Crippen LogP contribution in [0.1, 0.15) is 38.6 Å². The van der Waals surface area contributed by atoms with Gasteiger partial charge in [-0.2, -0.15) is 0 Å². The molecule has 2 aromatic carbocycles. The Morgan fingerprint density at radius 3 is 2.47 bits per heavy atom. The van der Waals surface area contributed by atoms with Crippen molar-refractivity contribution in [1.82, 2.24) is 9.55 Å². The van der Waals surface area contributed by atoms with Crippen LogP contribution in [0.5, 0.6) is 0 Å². The monoisotopic (exact) mass is 475 g/mol. The van der Waals surface area contributed by atoms with Crippen molar-refractivity contribution in [3.63, 3.8) is 0 Å². The molecular formula is C26H29N5O2S. The van der Waals surface area contributed by atoms with Crippen molar-refractivity contribution in [2.75, 3.05) is 21.5 Å². The Balaban J connectivity index is 1.54. The fraction of sp³-hybridized carbons (Fsp3) is 0.269. The average Bonchev–Trinajstić information content (AvgIpc) is 3.05. The smallest absolute Gasteiger partial charge is 0.232 e. The van der Waals surface area contributed by atoms with Crippen molar-refractivity contribution in [1.29, 1.82) is 0 Å². The number of anilines is 4. The van der Waals surface area contributed by atoms with E-state index in [1.54, 1.807) is 18.3 Å². The van der Waals surface area contributed by atoms with Gasteiger partial charge >= 0.3 is 0 Å². The van der Waals surface area contributed by atoms with Gasteiger partial charge in [-0.1, -0.05) is 25.1 Å². The van der Waals surface area contributed by atoms with Crippen LogP contribution < -0.4 is 15.8 Å². The summed E-state index contributed by atoms with van der Waals surface area (Å²) in [6, 6.07) is 19.9. The van der Waals surface area contributed by atoms with Gasteiger partial charge in [0.2, 0.25) is 10.0 Å². The molecule has 2 aromatic heterocycles. The molecular weight excluding hydrogens is 446 g/mol. The topological polar surface area (TPSA) is 102 Å². The van der Waals surface area contributed by atoms with Gasteiger partial charge in [0, 0.05) is 34.6 Å². The third-order valence-corrected chi connectivity index (χ3v) is 7.82. The number of pyridine rings is 1. The molecule has 0 radical (unpaired) electrons. The third-order valence-electron chi connectivity index (χ3n) is 6.33. The lowest BCUT2D eigenvalue weighted by Gasteiger charge is -2.30. The van der Waals surface area contributed by atoms with Gasteiger partial charge in [-0.3, -0.25) is 4.72 Å². The van der Waals surface area contributed by atoms with Crippen LogP contribution >= 0.6 is 0 Å². The van der Waals surface area contributed by atoms with Gasteiger partial charge in [0.05, 0.1) is 22.7 Å². The molecule has 1 aliphatic carbocycles. The summed E-state index contributed by atoms with van der Waals surface area (Å²) >= 11 is 0. The number of hydrogen-bond acceptors (Lipinski definition) is 5. The van der Waals surface area contributed by atoms with E-state index in [-0.39, 0.29) is 5.75 Å². The van der Waals surface area contributed by atoms with Crippen molar-refractivity contribution in [2.45, 2.75) is 38.6 Å². The number of aromatic nitrogens is 2. The highest BCUT2D eigenvalue weighted by molar-refractivity contribution is 7.92. The van der Waals surface area contributed by atoms with Crippen LogP contribution in [0.15, 0.2) is 66.9 Å². The Bertz CT molecular complexity index is 1410. The van der Waals surface area contributed by atoms with Crippen LogP contribution in [0.25, 0.3) is 22.2 Å². The molecule has 1 aliphatic rings. The molecule has 7 nitrogen and oxygen atoms in total. The molecule has 2 heterocycles. The first-order valence-electron chi connectivity index (χ1n) is 11.7. The highest BCUT2D eigenvalue weighted by atomic mass is 32.2. The van der Waals surface area contributed by atoms with Crippen molar-refractivity contribution in [2.24, 2.45) is 0 Å². The Morgan fingerprint density at radius 2 is 1.82 bits per heavy atom. The maximum Gasteiger partial charge on any atom is 0.232 e. The molecule has 4 aromatic rings. The predicted octanol–water partition coefficient (Wildman–Crippen LogP) is 5.91. The van der Waals surface area contributed by atoms with E-state index in [4.69, 9.17) is 5.73 Å². The fourth-order valence-electron chi connectivity index (χ4n) is 4.51. The minimum absolute atomic E-state index is 0.104. The Labute approximate surface area is 200 Å². The Kier molecular flexibility index (Phi) is 5.91. The van der Waals surface area contributed by atoms with E-state index in [1.165, 1.54) is 6.42 Å². The van der Waals surface area contributed by atoms with Gasteiger partial charge in [-0.15, -0.1) is 0 Å². The quantitative estimate of drug-likeness (QED) is 0.294. The molecule has 0 saturated heterocycles. The summed E-state index contributed by atoms with van der Waals surface area (Å²) in [7, 11) is -3.33. The van der Waals surface area contributed by atoms with E-state index in [2.05, 4.69) is 31.7 Å². The molecule has 0 amide bonds. The second kappa shape index (κ2) is 9.02. The lowest BCUT2D eigenvalue weighted by molar-refractivity contribution is 0.324. The van der Waals surface area contributed by atoms with Crippen molar-refractivity contribution < 1.29 is 8.42 Å². The Morgan fingerprint density at radius 1 is 1.06 bits per heavy atom. The summed E-state index contributed by atoms with van der Waals surface area (Å²) < 4.78 is 29.3. The number of nitrogens with two attached hydrogens (primary N) is 1. The summed E-state index contributed by atoms with van der Waals surface area (Å²) in [6.07, 6.45) is 5.77. The summed E-state index contributed by atoms with van der Waals surface area (Å²) in [5, 5.41) is 4.39. The first-order valence-corrected chi connectivity index (χ1v) is 13.3. The van der Waals surface area contributed by atoms with Gasteiger partial charge in [0.25, 0.3) is 0 Å². The Hall–Kier alpha value is -3.52. The molecule has 1 saturated carbocycles. The molecule has 1 fully saturated rings. The number of benzene rings is 2. The predicted molar refractivity (Wildman–Crippen MR) is 140 cm³/mol. The molecule has 0 atom stereocenters. The second-order valence-electron chi connectivity index (χ2n) is 8.79. The normalized spacial score (nSPS) is 14.1. The maximum absolute atomic E-state index is 12.1. The fourth-order valence-corrected chi connectivity index (χ4v) is 5.65. The highest BCUT2D eigenvalue weighted by Crippen LogP contribution is 2.44. The SMILES string of the molecule is CCCS(=O)(=O)Nc1ccc(-c2c(N)c3ccc(Nc4ccccn4)cc3n2C2CCC2)cc1. The number of hydrogen-bond donors (Lipinski definition) is 3. The van der Waals surface area contributed by atoms with Gasteiger partial charge < -0.3 is 15.6 Å². The number of nitrogens with zero attached hydrogens (tertiary/aromatic N) is 2. The third kappa shape index (κ3) is 4.33. The molecule has 8 heteroatoms. The molecule has 0 unspecified atom stereocenters. The van der Waals surface area contributed by atoms with E-state index < -0.39 is 10.0 Å². The first kappa shape index (κ1) is 22.3. The van der Waals surface area contributed by atoms with E-state index in [9.17, 15) is 8.42 Å². The number of nitrogens with one attached hydrogen (secondary N) is 2. The molecule has 34 heavy (non-hydrogen) atoms. The lowest BCUT2D eigenvalue weighted by Crippen LogP contribution is -2.18. The van der Waals surface area contributed by atoms with Gasteiger partial charge in [0.1, 0.15) is 5.82 Å². The van der Waals surface area contributed by atoms with Crippen LogP contribution in [0.4, 0.5) is 22.9 Å². The van der Waals surface area contributed by atoms with Crippen LogP contribution in [0, 0.1) is 0 Å². The zero-order chi connectivity index (χ0) is 23.7. The van der Waals surface area contributed by atoms with Gasteiger partial charge in [0.15, 0.2) is 0 Å². The molecule has 0 aliphatic heterocycles. The summed E-state index contributed by atoms with van der Waals surface area (Å²) in [5.41, 5.74) is 12.0. The highest BCUT2D eigenvalue weighted by Gasteiger charge is 2.27. The molecule has 5 rings (SSSR count). The van der Waals surface area contributed by atoms with E-state index in [0.717, 1.165) is 52.2 Å². The van der Waals surface area contributed by atoms with E-state index in [1.807, 2.05) is 43.3 Å². The van der Waals surface area contributed by atoms with Crippen molar-refractivity contribution in [3.8, 4) is 11.3 Å². The number of rotatable bonds is 8. The number of sulfonamides is 1. The molecule has 4 N–H and O–H groups in total. The number of nitrogen functional groups attached to an aromatic ring is 1. The largest absolute Gasteiger partial charge is 0.396 e. The van der Waals surface area contributed by atoms with Crippen LogP contribution in [0.3, 0.4) is 0 Å². The van der Waals surface area contributed by atoms with Crippen LogP contribution in [0.2, 0.25) is 0 Å². The number of fused-ring (bicyclic) bond motifs is 1. The average molecular weight is 476 g/mol. The molecule has 0 spiro atoms. The maximum atomic E-state index is 12.1. The van der Waals surface area contributed by atoms with Crippen LogP contribution in [-0.4, -0.2) is 23.7 Å². The minimum Gasteiger partial charge on any atom is -0.396 e. The minimum atomic E-state index is -3.33. The van der Waals surface area contributed by atoms with Gasteiger partial charge in [-0.25, -0.2) is 13.4 Å². The second-order valence-corrected chi connectivity index (χ2v) is 10.6. The van der Waals surface area contributed by atoms with Crippen LogP contribution in [-0.2, 0) is 10.0 Å². The standard InChI is InChI=1S/C26H29N5O2S/c1-2-16-34(32,33)30-19-11-9-18(10-12-19)26-25(27)22-14-13-20(29-24-8-3-4-15-28-24)17-23(22)31(26)21-6-5-7-21/h3-4,8-15,17,21,30H,2,5-7,16,27H2,1H3,(H,28,29). The van der Waals surface area contributed by atoms with Crippen molar-refractivity contribution >= 4 is 43.8 Å². The van der Waals surface area contributed by atoms with Gasteiger partial charge in [-0.05, 0) is 68.1 Å². The molecule has 0 bridgehead atoms. The lowest BCUT2D eigenvalue weighted by atomic mass is 9.92. The summed E-state index contributed by atoms with van der Waals surface area (Å²) in [4.78, 5) is 4.36. The summed E-state index contributed by atoms with van der Waals surface area (Å²) in [6.45, 7) is 1.85. The summed E-state index contributed by atoms with van der Waals surface area (Å²) in [5.74, 6) is 0.893. The zero-order valence-electron chi connectivity index (χ0n) is 19.2.